The average molecular weight is 406 g/mol. The molecule has 0 aliphatic heterocycles. The van der Waals surface area contributed by atoms with Crippen LogP contribution < -0.4 is 5.73 Å². The van der Waals surface area contributed by atoms with Gasteiger partial charge in [0, 0.05) is 28.7 Å². The number of aromatic amines is 1. The van der Waals surface area contributed by atoms with Crippen molar-refractivity contribution in [2.45, 2.75) is 51.4 Å². The van der Waals surface area contributed by atoms with Crippen LogP contribution in [0.3, 0.4) is 0 Å². The fraction of sp³-hybridized carbons (Fsp3) is 0.348. The molecule has 30 heavy (non-hydrogen) atoms. The smallest absolute Gasteiger partial charge is 0.290 e. The van der Waals surface area contributed by atoms with Crippen LogP contribution in [0.5, 0.6) is 0 Å². The quantitative estimate of drug-likeness (QED) is 0.425. The average Bonchev–Trinajstić information content (AvgIpc) is 3.38. The second kappa shape index (κ2) is 8.57. The minimum Gasteiger partial charge on any atom is -0.483 e. The number of nitrogens with one attached hydrogen (secondary N) is 1. The van der Waals surface area contributed by atoms with E-state index in [1.54, 1.807) is 0 Å². The predicted molar refractivity (Wildman–Crippen MR) is 119 cm³/mol. The number of H-pyrrole nitrogens is 1. The fourth-order valence-electron chi connectivity index (χ4n) is 4.50. The number of aryl methyl sites for hydroxylation is 1. The van der Waals surface area contributed by atoms with Crippen molar-refractivity contribution in [1.82, 2.24) is 19.4 Å². The van der Waals surface area contributed by atoms with E-state index < -0.39 is 0 Å². The highest BCUT2D eigenvalue weighted by atomic mass is 16.3. The van der Waals surface area contributed by atoms with Crippen LogP contribution in [0.1, 0.15) is 56.5 Å². The molecule has 1 aromatic carbocycles. The topological polar surface area (TPSA) is 109 Å². The van der Waals surface area contributed by atoms with Crippen molar-refractivity contribution < 1.29 is 9.90 Å². The van der Waals surface area contributed by atoms with E-state index in [2.05, 4.69) is 45.6 Å². The molecule has 0 atom stereocenters. The van der Waals surface area contributed by atoms with Crippen LogP contribution in [-0.2, 0) is 11.2 Å². The van der Waals surface area contributed by atoms with Gasteiger partial charge in [-0.2, -0.15) is 0 Å². The predicted octanol–water partition coefficient (Wildman–Crippen LogP) is 4.77. The zero-order valence-corrected chi connectivity index (χ0v) is 17.1. The Bertz CT molecular complexity index is 1140. The lowest BCUT2D eigenvalue weighted by Crippen LogP contribution is -2.11. The van der Waals surface area contributed by atoms with E-state index in [9.17, 15) is 0 Å². The number of nitrogens with zero attached hydrogens (tertiary/aromatic N) is 3. The van der Waals surface area contributed by atoms with Crippen LogP contribution in [0.25, 0.3) is 27.8 Å². The van der Waals surface area contributed by atoms with Gasteiger partial charge in [-0.05, 0) is 31.4 Å². The van der Waals surface area contributed by atoms with Crippen molar-refractivity contribution in [2.24, 2.45) is 0 Å². The third-order valence-corrected chi connectivity index (χ3v) is 5.90. The van der Waals surface area contributed by atoms with Crippen LogP contribution in [0.15, 0.2) is 36.5 Å². The Kier molecular flexibility index (Phi) is 5.70. The largest absolute Gasteiger partial charge is 0.483 e. The lowest BCUT2D eigenvalue weighted by Gasteiger charge is -2.21. The molecule has 0 unspecified atom stereocenters. The molecule has 0 saturated heterocycles. The molecule has 3 aromatic heterocycles. The number of fused-ring (bicyclic) bond motifs is 2. The molecule has 0 bridgehead atoms. The summed E-state index contributed by atoms with van der Waals surface area (Å²) >= 11 is 0. The highest BCUT2D eigenvalue weighted by Gasteiger charge is 2.26. The number of hydrogen-bond acceptors (Lipinski definition) is 4. The molecule has 0 amide bonds. The van der Waals surface area contributed by atoms with Crippen LogP contribution >= 0.6 is 0 Å². The number of hydrogen-bond donors (Lipinski definition) is 3. The Morgan fingerprint density at radius 1 is 1.27 bits per heavy atom. The van der Waals surface area contributed by atoms with E-state index >= 15 is 0 Å². The summed E-state index contributed by atoms with van der Waals surface area (Å²) in [5.74, 6) is 2.20. The first-order valence-corrected chi connectivity index (χ1v) is 10.5. The highest BCUT2D eigenvalue weighted by Crippen LogP contribution is 2.37. The maximum atomic E-state index is 8.36. The van der Waals surface area contributed by atoms with Gasteiger partial charge in [-0.1, -0.05) is 44.4 Å². The van der Waals surface area contributed by atoms with E-state index in [4.69, 9.17) is 20.6 Å². The number of carboxylic acid groups (broad SMARTS) is 1. The Labute approximate surface area is 175 Å². The van der Waals surface area contributed by atoms with E-state index in [0.717, 1.165) is 34.7 Å². The Morgan fingerprint density at radius 3 is 2.70 bits per heavy atom. The molecular weight excluding hydrogens is 378 g/mol. The molecule has 4 aromatic rings. The molecule has 1 aliphatic carbocycles. The third-order valence-electron chi connectivity index (χ3n) is 5.90. The number of carbonyl (C=O) groups is 1. The standard InChI is InChI=1S/C22H25N5.CH2O2/c1-2-16-13-24-21(23)20-19(18-12-15-10-6-7-11-17(15)25-18)26-22(27(16)20)14-8-4-3-5-9-14;2-1-3/h6-7,10-14,25H,2-5,8-9H2,1H3,(H2,23,24);1H,(H,2,3). The highest BCUT2D eigenvalue weighted by molar-refractivity contribution is 5.91. The summed E-state index contributed by atoms with van der Waals surface area (Å²) in [5.41, 5.74) is 11.5. The van der Waals surface area contributed by atoms with E-state index in [1.165, 1.54) is 43.2 Å². The normalized spacial score (nSPS) is 14.6. The van der Waals surface area contributed by atoms with E-state index in [-0.39, 0.29) is 6.47 Å². The number of aromatic nitrogens is 4. The molecule has 7 heteroatoms. The molecule has 0 spiro atoms. The second-order valence-electron chi connectivity index (χ2n) is 7.70. The van der Waals surface area contributed by atoms with Gasteiger partial charge >= 0.3 is 0 Å². The summed E-state index contributed by atoms with van der Waals surface area (Å²) in [5, 5.41) is 8.08. The van der Waals surface area contributed by atoms with Crippen molar-refractivity contribution in [1.29, 1.82) is 0 Å². The summed E-state index contributed by atoms with van der Waals surface area (Å²) in [6.07, 6.45) is 9.12. The molecule has 1 fully saturated rings. The van der Waals surface area contributed by atoms with Crippen molar-refractivity contribution in [2.75, 3.05) is 5.73 Å². The zero-order valence-electron chi connectivity index (χ0n) is 17.1. The third kappa shape index (κ3) is 3.51. The molecule has 1 saturated carbocycles. The van der Waals surface area contributed by atoms with Gasteiger partial charge in [0.1, 0.15) is 22.9 Å². The molecule has 3 heterocycles. The lowest BCUT2D eigenvalue weighted by atomic mass is 9.88. The number of para-hydroxylation sites is 1. The summed E-state index contributed by atoms with van der Waals surface area (Å²) in [6.45, 7) is 1.92. The van der Waals surface area contributed by atoms with Gasteiger partial charge in [0.25, 0.3) is 6.47 Å². The molecule has 5 rings (SSSR count). The van der Waals surface area contributed by atoms with E-state index in [1.807, 2.05) is 12.3 Å². The maximum absolute atomic E-state index is 8.36. The number of imidazole rings is 1. The van der Waals surface area contributed by atoms with Crippen LogP contribution in [0.4, 0.5) is 5.82 Å². The van der Waals surface area contributed by atoms with Crippen molar-refractivity contribution in [3.8, 4) is 11.4 Å². The van der Waals surface area contributed by atoms with Crippen molar-refractivity contribution >= 4 is 28.7 Å². The van der Waals surface area contributed by atoms with Gasteiger partial charge in [-0.15, -0.1) is 0 Å². The lowest BCUT2D eigenvalue weighted by molar-refractivity contribution is -0.122. The molecule has 156 valence electrons. The summed E-state index contributed by atoms with van der Waals surface area (Å²) in [4.78, 5) is 21.5. The number of rotatable bonds is 3. The molecular formula is C23H27N5O2. The molecule has 4 N–H and O–H groups in total. The van der Waals surface area contributed by atoms with Gasteiger partial charge in [0.2, 0.25) is 0 Å². The summed E-state index contributed by atoms with van der Waals surface area (Å²) < 4.78 is 2.29. The second-order valence-corrected chi connectivity index (χ2v) is 7.70. The monoisotopic (exact) mass is 405 g/mol. The summed E-state index contributed by atoms with van der Waals surface area (Å²) in [7, 11) is 0. The number of anilines is 1. The van der Waals surface area contributed by atoms with Crippen molar-refractivity contribution in [3.05, 3.63) is 48.0 Å². The minimum absolute atomic E-state index is 0.250. The Hall–Kier alpha value is -3.35. The molecule has 1 aliphatic rings. The van der Waals surface area contributed by atoms with Crippen LogP contribution in [0, 0.1) is 0 Å². The Balaban J connectivity index is 0.000000687. The fourth-order valence-corrected chi connectivity index (χ4v) is 4.50. The first kappa shape index (κ1) is 19.9. The van der Waals surface area contributed by atoms with Crippen molar-refractivity contribution in [3.63, 3.8) is 0 Å². The first-order valence-electron chi connectivity index (χ1n) is 10.5. The maximum Gasteiger partial charge on any atom is 0.290 e. The Morgan fingerprint density at radius 2 is 2.00 bits per heavy atom. The minimum atomic E-state index is -0.250. The van der Waals surface area contributed by atoms with Gasteiger partial charge in [-0.25, -0.2) is 9.97 Å². The van der Waals surface area contributed by atoms with Gasteiger partial charge in [-0.3, -0.25) is 9.20 Å². The number of nitrogens with two attached hydrogens (primary N) is 1. The number of benzene rings is 1. The molecule has 0 radical (unpaired) electrons. The molecule has 7 nitrogen and oxygen atoms in total. The number of nitrogen functional groups attached to an aromatic ring is 1. The zero-order chi connectivity index (χ0) is 21.1. The summed E-state index contributed by atoms with van der Waals surface area (Å²) in [6, 6.07) is 10.5. The first-order chi connectivity index (χ1) is 14.7. The van der Waals surface area contributed by atoms with Gasteiger partial charge in [0.15, 0.2) is 0 Å². The van der Waals surface area contributed by atoms with Gasteiger partial charge < -0.3 is 15.8 Å². The van der Waals surface area contributed by atoms with Gasteiger partial charge in [0.05, 0.1) is 5.69 Å². The van der Waals surface area contributed by atoms with E-state index in [0.29, 0.717) is 11.7 Å². The van der Waals surface area contributed by atoms with Crippen LogP contribution in [0.2, 0.25) is 0 Å². The van der Waals surface area contributed by atoms with Crippen LogP contribution in [-0.4, -0.2) is 30.9 Å². The SMILES string of the molecule is CCc1cnc(N)c2c(-c3cc4ccccc4[nH]3)nc(C3CCCCC3)n12.O=CO.